The molecule has 2 aromatic rings. The Kier molecular flexibility index (Phi) is 7.44. The van der Waals surface area contributed by atoms with Gasteiger partial charge in [0.25, 0.3) is 0 Å². The fourth-order valence-electron chi connectivity index (χ4n) is 3.99. The number of alkyl halides is 3. The number of carbonyl (C=O) groups is 3. The van der Waals surface area contributed by atoms with Crippen molar-refractivity contribution >= 4 is 17.8 Å². The lowest BCUT2D eigenvalue weighted by atomic mass is 9.83. The maximum absolute atomic E-state index is 13.3. The molecule has 0 aromatic heterocycles. The van der Waals surface area contributed by atoms with Gasteiger partial charge in [0.05, 0.1) is 37.0 Å². The van der Waals surface area contributed by atoms with Gasteiger partial charge in [0.1, 0.15) is 0 Å². The maximum Gasteiger partial charge on any atom is 0.416 e. The van der Waals surface area contributed by atoms with Crippen LogP contribution in [0.3, 0.4) is 0 Å². The highest BCUT2D eigenvalue weighted by Gasteiger charge is 2.38. The average molecular weight is 475 g/mol. The molecule has 0 radical (unpaired) electrons. The van der Waals surface area contributed by atoms with Gasteiger partial charge in [-0.05, 0) is 43.2 Å². The fourth-order valence-corrected chi connectivity index (χ4v) is 3.99. The number of hydrogen-bond acceptors (Lipinski definition) is 5. The van der Waals surface area contributed by atoms with E-state index in [1.165, 1.54) is 24.1 Å². The number of rotatable bonds is 6. The van der Waals surface area contributed by atoms with E-state index < -0.39 is 29.6 Å². The van der Waals surface area contributed by atoms with Crippen LogP contribution < -0.4 is 0 Å². The molecule has 1 amide bonds. The van der Waals surface area contributed by atoms with E-state index in [1.807, 2.05) is 0 Å². The van der Waals surface area contributed by atoms with E-state index in [1.54, 1.807) is 38.1 Å². The number of methoxy groups -OCH3 is 1. The summed E-state index contributed by atoms with van der Waals surface area (Å²) in [5, 5.41) is 0. The summed E-state index contributed by atoms with van der Waals surface area (Å²) < 4.78 is 49.7. The van der Waals surface area contributed by atoms with Crippen LogP contribution in [-0.2, 0) is 31.8 Å². The molecule has 0 saturated heterocycles. The molecule has 0 spiro atoms. The lowest BCUT2D eigenvalue weighted by Crippen LogP contribution is -2.38. The van der Waals surface area contributed by atoms with Gasteiger partial charge in [-0.2, -0.15) is 13.2 Å². The highest BCUT2D eigenvalue weighted by atomic mass is 19.4. The number of ether oxygens (including phenoxy) is 2. The molecule has 1 unspecified atom stereocenters. The summed E-state index contributed by atoms with van der Waals surface area (Å²) in [5.74, 6) is -2.47. The maximum atomic E-state index is 13.3. The second-order valence-electron chi connectivity index (χ2n) is 7.77. The van der Waals surface area contributed by atoms with Gasteiger partial charge >= 0.3 is 18.1 Å². The first-order valence-electron chi connectivity index (χ1n) is 10.6. The lowest BCUT2D eigenvalue weighted by molar-refractivity contribution is -0.140. The molecule has 180 valence electrons. The van der Waals surface area contributed by atoms with Crippen molar-refractivity contribution in [3.63, 3.8) is 0 Å². The van der Waals surface area contributed by atoms with Crippen molar-refractivity contribution in [1.29, 1.82) is 0 Å². The van der Waals surface area contributed by atoms with E-state index >= 15 is 0 Å². The fraction of sp³-hybridized carbons (Fsp3) is 0.320. The Hall–Kier alpha value is -3.62. The molecule has 6 nitrogen and oxygen atoms in total. The van der Waals surface area contributed by atoms with Crippen LogP contribution in [0.15, 0.2) is 59.8 Å². The first kappa shape index (κ1) is 25.0. The van der Waals surface area contributed by atoms with Crippen LogP contribution in [0.1, 0.15) is 53.2 Å². The van der Waals surface area contributed by atoms with E-state index in [4.69, 9.17) is 9.47 Å². The number of esters is 2. The molecule has 1 aliphatic rings. The van der Waals surface area contributed by atoms with E-state index in [9.17, 15) is 27.6 Å². The lowest BCUT2D eigenvalue weighted by Gasteiger charge is -2.34. The van der Waals surface area contributed by atoms with Gasteiger partial charge in [-0.3, -0.25) is 4.79 Å². The van der Waals surface area contributed by atoms with Crippen LogP contribution in [0.25, 0.3) is 0 Å². The molecule has 0 saturated carbocycles. The Balaban J connectivity index is 2.04. The van der Waals surface area contributed by atoms with Crippen molar-refractivity contribution in [3.05, 3.63) is 82.1 Å². The molecular formula is C25H24F3NO5. The molecule has 9 heteroatoms. The van der Waals surface area contributed by atoms with Gasteiger partial charge in [-0.25, -0.2) is 9.59 Å². The van der Waals surface area contributed by atoms with Crippen LogP contribution in [-0.4, -0.2) is 36.5 Å². The van der Waals surface area contributed by atoms with Gasteiger partial charge in [0, 0.05) is 18.0 Å². The molecule has 2 aromatic carbocycles. The summed E-state index contributed by atoms with van der Waals surface area (Å²) in [6.07, 6.45) is -4.77. The third-order valence-electron chi connectivity index (χ3n) is 5.62. The quantitative estimate of drug-likeness (QED) is 0.559. The van der Waals surface area contributed by atoms with Crippen molar-refractivity contribution in [2.45, 2.75) is 38.9 Å². The summed E-state index contributed by atoms with van der Waals surface area (Å²) in [5.41, 5.74) is 0.693. The van der Waals surface area contributed by atoms with Gasteiger partial charge in [-0.1, -0.05) is 30.3 Å². The molecule has 34 heavy (non-hydrogen) atoms. The number of benzene rings is 2. The largest absolute Gasteiger partial charge is 0.465 e. The highest BCUT2D eigenvalue weighted by Crippen LogP contribution is 2.39. The minimum atomic E-state index is -4.56. The normalized spacial score (nSPS) is 16.5. The Bertz CT molecular complexity index is 1140. The summed E-state index contributed by atoms with van der Waals surface area (Å²) in [6, 6.07) is 11.1. The van der Waals surface area contributed by atoms with Crippen LogP contribution in [0.2, 0.25) is 0 Å². The molecule has 0 N–H and O–H groups in total. The average Bonchev–Trinajstić information content (AvgIpc) is 2.80. The molecular weight excluding hydrogens is 451 g/mol. The SMILES string of the molecule is CCOC(=O)C1=C(C)N(Cc2cccc(C(=O)OC)c2)C(=O)CC1c1cccc(C(F)(F)F)c1. The summed E-state index contributed by atoms with van der Waals surface area (Å²) in [7, 11) is 1.26. The minimum Gasteiger partial charge on any atom is -0.465 e. The molecule has 0 fully saturated rings. The Labute approximate surface area is 195 Å². The predicted molar refractivity (Wildman–Crippen MR) is 116 cm³/mol. The van der Waals surface area contributed by atoms with E-state index in [0.717, 1.165) is 12.1 Å². The van der Waals surface area contributed by atoms with E-state index in [0.29, 0.717) is 16.8 Å². The van der Waals surface area contributed by atoms with Crippen LogP contribution in [0, 0.1) is 0 Å². The van der Waals surface area contributed by atoms with Gasteiger partial charge < -0.3 is 14.4 Å². The first-order valence-corrected chi connectivity index (χ1v) is 10.6. The predicted octanol–water partition coefficient (Wildman–Crippen LogP) is 4.85. The summed E-state index contributed by atoms with van der Waals surface area (Å²) >= 11 is 0. The first-order chi connectivity index (χ1) is 16.1. The van der Waals surface area contributed by atoms with E-state index in [-0.39, 0.29) is 36.6 Å². The molecule has 0 aliphatic carbocycles. The van der Waals surface area contributed by atoms with Gasteiger partial charge in [-0.15, -0.1) is 0 Å². The molecule has 3 rings (SSSR count). The third kappa shape index (κ3) is 5.30. The molecule has 0 bridgehead atoms. The second-order valence-corrected chi connectivity index (χ2v) is 7.77. The Morgan fingerprint density at radius 3 is 2.44 bits per heavy atom. The van der Waals surface area contributed by atoms with Crippen molar-refractivity contribution in [2.24, 2.45) is 0 Å². The Morgan fingerprint density at radius 1 is 1.09 bits per heavy atom. The molecule has 1 heterocycles. The second kappa shape index (κ2) is 10.1. The monoisotopic (exact) mass is 475 g/mol. The smallest absolute Gasteiger partial charge is 0.416 e. The summed E-state index contributed by atoms with van der Waals surface area (Å²) in [6.45, 7) is 3.32. The number of halogens is 3. The number of amides is 1. The van der Waals surface area contributed by atoms with E-state index in [2.05, 4.69) is 0 Å². The number of nitrogens with zero attached hydrogens (tertiary/aromatic N) is 1. The zero-order valence-electron chi connectivity index (χ0n) is 18.9. The van der Waals surface area contributed by atoms with Gasteiger partial charge in [0.2, 0.25) is 5.91 Å². The zero-order chi connectivity index (χ0) is 25.0. The molecule has 1 aliphatic heterocycles. The van der Waals surface area contributed by atoms with Crippen molar-refractivity contribution in [2.75, 3.05) is 13.7 Å². The number of carbonyl (C=O) groups excluding carboxylic acids is 3. The minimum absolute atomic E-state index is 0.0632. The van der Waals surface area contributed by atoms with Crippen LogP contribution in [0.5, 0.6) is 0 Å². The third-order valence-corrected chi connectivity index (χ3v) is 5.62. The summed E-state index contributed by atoms with van der Waals surface area (Å²) in [4.78, 5) is 39.2. The topological polar surface area (TPSA) is 72.9 Å². The zero-order valence-corrected chi connectivity index (χ0v) is 18.9. The van der Waals surface area contributed by atoms with Crippen LogP contribution >= 0.6 is 0 Å². The van der Waals surface area contributed by atoms with Gasteiger partial charge in [0.15, 0.2) is 0 Å². The van der Waals surface area contributed by atoms with Crippen molar-refractivity contribution in [1.82, 2.24) is 4.90 Å². The standard InChI is InChI=1S/C25H24F3NO5/c1-4-34-24(32)22-15(2)29(14-16-7-5-9-18(11-16)23(31)33-3)21(30)13-20(22)17-8-6-10-19(12-17)25(26,27)28/h5-12,20H,4,13-14H2,1-3H3. The van der Waals surface area contributed by atoms with Crippen LogP contribution in [0.4, 0.5) is 13.2 Å². The highest BCUT2D eigenvalue weighted by molar-refractivity contribution is 5.96. The number of hydrogen-bond donors (Lipinski definition) is 0. The van der Waals surface area contributed by atoms with Crippen molar-refractivity contribution < 1.29 is 37.0 Å². The Morgan fingerprint density at radius 2 is 1.79 bits per heavy atom. The molecule has 1 atom stereocenters. The van der Waals surface area contributed by atoms with Crippen molar-refractivity contribution in [3.8, 4) is 0 Å². The number of allylic oxidation sites excluding steroid dienone is 1.